The van der Waals surface area contributed by atoms with Gasteiger partial charge < -0.3 is 18.0 Å². The van der Waals surface area contributed by atoms with Crippen molar-refractivity contribution in [2.24, 2.45) is 0 Å². The first-order chi connectivity index (χ1) is 7.73. The number of rotatable bonds is 5. The third kappa shape index (κ3) is 2.54. The van der Waals surface area contributed by atoms with E-state index in [2.05, 4.69) is 6.08 Å². The average Bonchev–Trinajstić information content (AvgIpc) is 3.10. The van der Waals surface area contributed by atoms with Gasteiger partial charge in [0, 0.05) is 27.4 Å². The van der Waals surface area contributed by atoms with E-state index < -0.39 is 8.80 Å². The number of epoxide rings is 1. The van der Waals surface area contributed by atoms with Crippen molar-refractivity contribution in [3.05, 3.63) is 11.6 Å². The molecule has 0 aromatic rings. The summed E-state index contributed by atoms with van der Waals surface area (Å²) in [4.78, 5) is 0. The maximum absolute atomic E-state index is 5.50. The molecule has 1 aliphatic carbocycles. The van der Waals surface area contributed by atoms with Gasteiger partial charge in [0.1, 0.15) is 0 Å². The molecule has 4 nitrogen and oxygen atoms in total. The SMILES string of the molecule is CO[Si](C/C=C1\CCC2OC2C1)(OC)OC. The third-order valence-corrected chi connectivity index (χ3v) is 6.04. The van der Waals surface area contributed by atoms with E-state index in [1.165, 1.54) is 5.57 Å². The highest BCUT2D eigenvalue weighted by Crippen LogP contribution is 2.39. The molecule has 2 unspecified atom stereocenters. The first-order valence-corrected chi connectivity index (χ1v) is 7.65. The summed E-state index contributed by atoms with van der Waals surface area (Å²) in [7, 11) is 2.53. The fraction of sp³-hybridized carbons (Fsp3) is 0.818. The van der Waals surface area contributed by atoms with Gasteiger partial charge >= 0.3 is 8.80 Å². The topological polar surface area (TPSA) is 40.2 Å². The molecule has 2 rings (SSSR count). The predicted molar refractivity (Wildman–Crippen MR) is 62.2 cm³/mol. The van der Waals surface area contributed by atoms with Crippen LogP contribution < -0.4 is 0 Å². The summed E-state index contributed by atoms with van der Waals surface area (Å²) in [6.45, 7) is 0. The maximum atomic E-state index is 5.50. The Balaban J connectivity index is 1.90. The van der Waals surface area contributed by atoms with Gasteiger partial charge in [-0.15, -0.1) is 0 Å². The van der Waals surface area contributed by atoms with Gasteiger partial charge in [0.05, 0.1) is 12.2 Å². The molecule has 0 spiro atoms. The van der Waals surface area contributed by atoms with Crippen LogP contribution in [0.4, 0.5) is 0 Å². The number of allylic oxidation sites excluding steroid dienone is 1. The lowest BCUT2D eigenvalue weighted by atomic mass is 9.95. The zero-order chi connectivity index (χ0) is 11.6. The van der Waals surface area contributed by atoms with E-state index in [0.717, 1.165) is 25.3 Å². The third-order valence-electron chi connectivity index (χ3n) is 3.47. The summed E-state index contributed by atoms with van der Waals surface area (Å²) in [5.74, 6) is 0. The van der Waals surface area contributed by atoms with E-state index in [-0.39, 0.29) is 0 Å². The van der Waals surface area contributed by atoms with E-state index in [4.69, 9.17) is 18.0 Å². The van der Waals surface area contributed by atoms with E-state index in [1.807, 2.05) is 0 Å². The Kier molecular flexibility index (Phi) is 3.81. The number of fused-ring (bicyclic) bond motifs is 1. The summed E-state index contributed by atoms with van der Waals surface area (Å²) in [6.07, 6.45) is 6.64. The smallest absolute Gasteiger partial charge is 0.377 e. The quantitative estimate of drug-likeness (QED) is 0.419. The molecule has 2 atom stereocenters. The van der Waals surface area contributed by atoms with Crippen molar-refractivity contribution >= 4 is 8.80 Å². The summed E-state index contributed by atoms with van der Waals surface area (Å²) in [6, 6.07) is 0.753. The van der Waals surface area contributed by atoms with Crippen LogP contribution in [0, 0.1) is 0 Å². The van der Waals surface area contributed by atoms with Gasteiger partial charge in [-0.1, -0.05) is 11.6 Å². The zero-order valence-corrected chi connectivity index (χ0v) is 11.2. The van der Waals surface area contributed by atoms with E-state index >= 15 is 0 Å². The minimum atomic E-state index is -2.43. The van der Waals surface area contributed by atoms with E-state index in [1.54, 1.807) is 21.3 Å². The van der Waals surface area contributed by atoms with Crippen molar-refractivity contribution in [3.8, 4) is 0 Å². The lowest BCUT2D eigenvalue weighted by molar-refractivity contribution is 0.127. The molecule has 2 aliphatic rings. The van der Waals surface area contributed by atoms with Crippen LogP contribution in [0.25, 0.3) is 0 Å². The molecule has 0 N–H and O–H groups in total. The summed E-state index contributed by atoms with van der Waals surface area (Å²) < 4.78 is 21.6. The van der Waals surface area contributed by atoms with Crippen LogP contribution in [-0.4, -0.2) is 42.3 Å². The molecule has 1 saturated carbocycles. The molecule has 0 amide bonds. The monoisotopic (exact) mass is 244 g/mol. The van der Waals surface area contributed by atoms with Gasteiger partial charge in [0.2, 0.25) is 0 Å². The van der Waals surface area contributed by atoms with Crippen molar-refractivity contribution < 1.29 is 18.0 Å². The molecule has 0 radical (unpaired) electrons. The van der Waals surface area contributed by atoms with Crippen LogP contribution in [0.15, 0.2) is 11.6 Å². The van der Waals surface area contributed by atoms with Gasteiger partial charge in [-0.05, 0) is 19.3 Å². The number of hydrogen-bond acceptors (Lipinski definition) is 4. The number of ether oxygens (including phenoxy) is 1. The molecule has 0 aromatic carbocycles. The first kappa shape index (κ1) is 12.3. The van der Waals surface area contributed by atoms with Crippen LogP contribution in [0.3, 0.4) is 0 Å². The Morgan fingerprint density at radius 1 is 1.25 bits per heavy atom. The fourth-order valence-electron chi connectivity index (χ4n) is 2.26. The molecule has 5 heteroatoms. The van der Waals surface area contributed by atoms with Gasteiger partial charge in [-0.3, -0.25) is 0 Å². The van der Waals surface area contributed by atoms with E-state index in [0.29, 0.717) is 12.2 Å². The lowest BCUT2D eigenvalue weighted by Crippen LogP contribution is -2.42. The molecular formula is C11H20O4Si. The Morgan fingerprint density at radius 3 is 2.50 bits per heavy atom. The van der Waals surface area contributed by atoms with Crippen molar-refractivity contribution in [2.45, 2.75) is 37.5 Å². The Hall–Kier alpha value is -0.203. The predicted octanol–water partition coefficient (Wildman–Crippen LogP) is 1.74. The molecule has 2 fully saturated rings. The van der Waals surface area contributed by atoms with E-state index in [9.17, 15) is 0 Å². The average molecular weight is 244 g/mol. The molecular weight excluding hydrogens is 224 g/mol. The Morgan fingerprint density at radius 2 is 1.94 bits per heavy atom. The summed E-state index contributed by atoms with van der Waals surface area (Å²) in [5.41, 5.74) is 1.46. The first-order valence-electron chi connectivity index (χ1n) is 5.72. The summed E-state index contributed by atoms with van der Waals surface area (Å²) in [5, 5.41) is 0. The second-order valence-electron chi connectivity index (χ2n) is 4.32. The minimum absolute atomic E-state index is 0.490. The zero-order valence-electron chi connectivity index (χ0n) is 10.2. The highest BCUT2D eigenvalue weighted by atomic mass is 28.4. The molecule has 16 heavy (non-hydrogen) atoms. The molecule has 92 valence electrons. The van der Waals surface area contributed by atoms with Crippen LogP contribution >= 0.6 is 0 Å². The van der Waals surface area contributed by atoms with Crippen LogP contribution in [0.2, 0.25) is 6.04 Å². The standard InChI is InChI=1S/C11H20O4Si/c1-12-16(13-2,14-3)7-6-9-4-5-10-11(8-9)15-10/h6,10-11H,4-5,7-8H2,1-3H3/b9-6+. The molecule has 1 saturated heterocycles. The van der Waals surface area contributed by atoms with Crippen molar-refractivity contribution in [2.75, 3.05) is 21.3 Å². The van der Waals surface area contributed by atoms with Crippen LogP contribution in [0.1, 0.15) is 19.3 Å². The second kappa shape index (κ2) is 4.97. The largest absolute Gasteiger partial charge is 0.504 e. The molecule has 1 aliphatic heterocycles. The van der Waals surface area contributed by atoms with Gasteiger partial charge in [-0.25, -0.2) is 0 Å². The van der Waals surface area contributed by atoms with Crippen molar-refractivity contribution in [3.63, 3.8) is 0 Å². The molecule has 1 heterocycles. The normalized spacial score (nSPS) is 31.6. The Labute approximate surface area is 97.9 Å². The highest BCUT2D eigenvalue weighted by Gasteiger charge is 2.42. The van der Waals surface area contributed by atoms with Crippen LogP contribution in [-0.2, 0) is 18.0 Å². The van der Waals surface area contributed by atoms with Crippen molar-refractivity contribution in [1.82, 2.24) is 0 Å². The minimum Gasteiger partial charge on any atom is -0.377 e. The maximum Gasteiger partial charge on any atom is 0.504 e. The Bertz CT molecular complexity index is 267. The lowest BCUT2D eigenvalue weighted by Gasteiger charge is -2.23. The van der Waals surface area contributed by atoms with Gasteiger partial charge in [-0.2, -0.15) is 0 Å². The molecule has 0 aromatic heterocycles. The fourth-order valence-corrected chi connectivity index (χ4v) is 3.79. The molecule has 0 bridgehead atoms. The second-order valence-corrected chi connectivity index (χ2v) is 7.32. The summed E-state index contributed by atoms with van der Waals surface area (Å²) >= 11 is 0. The van der Waals surface area contributed by atoms with Crippen LogP contribution in [0.5, 0.6) is 0 Å². The van der Waals surface area contributed by atoms with Crippen molar-refractivity contribution in [1.29, 1.82) is 0 Å². The van der Waals surface area contributed by atoms with Gasteiger partial charge in [0.25, 0.3) is 0 Å². The highest BCUT2D eigenvalue weighted by molar-refractivity contribution is 6.61. The van der Waals surface area contributed by atoms with Gasteiger partial charge in [0.15, 0.2) is 0 Å². The number of hydrogen-bond donors (Lipinski definition) is 0.